The molecule has 0 radical (unpaired) electrons. The monoisotopic (exact) mass is 290 g/mol. The average molecular weight is 290 g/mol. The lowest BCUT2D eigenvalue weighted by Crippen LogP contribution is -2.47. The fourth-order valence-corrected chi connectivity index (χ4v) is 2.53. The lowest BCUT2D eigenvalue weighted by atomic mass is 9.97. The molecule has 114 valence electrons. The first-order valence-corrected chi connectivity index (χ1v) is 7.31. The minimum absolute atomic E-state index is 0.0723. The molecule has 1 heterocycles. The van der Waals surface area contributed by atoms with Crippen LogP contribution in [0.2, 0.25) is 0 Å². The van der Waals surface area contributed by atoms with Crippen LogP contribution in [0.5, 0.6) is 0 Å². The second-order valence-electron chi connectivity index (χ2n) is 5.46. The van der Waals surface area contributed by atoms with Crippen LogP contribution in [0.15, 0.2) is 30.3 Å². The van der Waals surface area contributed by atoms with Gasteiger partial charge in [-0.15, -0.1) is 0 Å². The number of rotatable bonds is 5. The number of amides is 2. The van der Waals surface area contributed by atoms with Gasteiger partial charge < -0.3 is 15.4 Å². The Balaban J connectivity index is 1.85. The zero-order valence-electron chi connectivity index (χ0n) is 12.3. The Bertz CT molecular complexity index is 490. The highest BCUT2D eigenvalue weighted by atomic mass is 16.5. The second kappa shape index (κ2) is 7.22. The van der Waals surface area contributed by atoms with Gasteiger partial charge in [0.2, 0.25) is 5.91 Å². The van der Waals surface area contributed by atoms with E-state index in [4.69, 9.17) is 10.5 Å². The second-order valence-corrected chi connectivity index (χ2v) is 5.46. The number of carbonyl (C=O) groups is 2. The van der Waals surface area contributed by atoms with E-state index in [1.807, 2.05) is 30.3 Å². The summed E-state index contributed by atoms with van der Waals surface area (Å²) in [6.45, 7) is 3.23. The molecule has 0 aromatic heterocycles. The topological polar surface area (TPSA) is 72.6 Å². The van der Waals surface area contributed by atoms with E-state index in [2.05, 4.69) is 0 Å². The Labute approximate surface area is 125 Å². The third-order valence-corrected chi connectivity index (χ3v) is 3.83. The van der Waals surface area contributed by atoms with Crippen LogP contribution in [0.3, 0.4) is 0 Å². The van der Waals surface area contributed by atoms with Crippen LogP contribution in [0.1, 0.15) is 25.3 Å². The molecule has 1 aromatic carbocycles. The zero-order chi connectivity index (χ0) is 15.2. The van der Waals surface area contributed by atoms with Gasteiger partial charge in [-0.2, -0.15) is 0 Å². The molecule has 2 rings (SSSR count). The Morgan fingerprint density at radius 1 is 1.38 bits per heavy atom. The van der Waals surface area contributed by atoms with E-state index in [0.29, 0.717) is 19.7 Å². The highest BCUT2D eigenvalue weighted by molar-refractivity contribution is 5.82. The molecule has 1 saturated heterocycles. The van der Waals surface area contributed by atoms with Crippen molar-refractivity contribution in [2.24, 2.45) is 11.7 Å². The molecule has 5 heteroatoms. The molecule has 0 saturated carbocycles. The summed E-state index contributed by atoms with van der Waals surface area (Å²) in [4.78, 5) is 25.3. The van der Waals surface area contributed by atoms with Gasteiger partial charge in [0.05, 0.1) is 12.5 Å². The van der Waals surface area contributed by atoms with Crippen molar-refractivity contribution < 1.29 is 14.3 Å². The van der Waals surface area contributed by atoms with Crippen molar-refractivity contribution in [3.05, 3.63) is 35.9 Å². The van der Waals surface area contributed by atoms with Gasteiger partial charge in [-0.25, -0.2) is 0 Å². The summed E-state index contributed by atoms with van der Waals surface area (Å²) in [5.41, 5.74) is 6.37. The molecule has 21 heavy (non-hydrogen) atoms. The molecule has 2 atom stereocenters. The zero-order valence-corrected chi connectivity index (χ0v) is 12.3. The van der Waals surface area contributed by atoms with Crippen LogP contribution in [-0.2, 0) is 20.9 Å². The van der Waals surface area contributed by atoms with Gasteiger partial charge in [-0.3, -0.25) is 9.59 Å². The summed E-state index contributed by atoms with van der Waals surface area (Å²) in [5.74, 6) is -0.633. The van der Waals surface area contributed by atoms with Crippen molar-refractivity contribution >= 4 is 11.8 Å². The third kappa shape index (κ3) is 4.29. The molecule has 0 bridgehead atoms. The van der Waals surface area contributed by atoms with Crippen LogP contribution < -0.4 is 5.73 Å². The molecule has 5 nitrogen and oxygen atoms in total. The first-order chi connectivity index (χ1) is 10.1. The molecule has 0 spiro atoms. The lowest BCUT2D eigenvalue weighted by molar-refractivity contribution is -0.146. The fraction of sp³-hybridized carbons (Fsp3) is 0.500. The molecule has 1 aliphatic rings. The van der Waals surface area contributed by atoms with Crippen molar-refractivity contribution in [3.63, 3.8) is 0 Å². The van der Waals surface area contributed by atoms with Gasteiger partial charge in [-0.05, 0) is 25.3 Å². The molecule has 1 aliphatic heterocycles. The average Bonchev–Trinajstić information content (AvgIpc) is 2.53. The Hall–Kier alpha value is -1.88. The largest absolute Gasteiger partial charge is 0.369 e. The SMILES string of the molecule is C[C@H](OCc1ccccc1)C(=O)N1CCC[C@H](C(N)=O)C1. The number of ether oxygens (including phenoxy) is 1. The number of hydrogen-bond donors (Lipinski definition) is 1. The number of nitrogens with zero attached hydrogens (tertiary/aromatic N) is 1. The van der Waals surface area contributed by atoms with Crippen molar-refractivity contribution in [2.45, 2.75) is 32.5 Å². The van der Waals surface area contributed by atoms with Crippen molar-refractivity contribution in [3.8, 4) is 0 Å². The van der Waals surface area contributed by atoms with Crippen LogP contribution in [-0.4, -0.2) is 35.9 Å². The summed E-state index contributed by atoms with van der Waals surface area (Å²) in [5, 5.41) is 0. The predicted molar refractivity (Wildman–Crippen MR) is 79.2 cm³/mol. The Morgan fingerprint density at radius 2 is 2.10 bits per heavy atom. The number of benzene rings is 1. The molecule has 1 aromatic rings. The predicted octanol–water partition coefficient (Wildman–Crippen LogP) is 1.32. The first-order valence-electron chi connectivity index (χ1n) is 7.31. The maximum Gasteiger partial charge on any atom is 0.251 e. The van der Waals surface area contributed by atoms with Crippen molar-refractivity contribution in [1.82, 2.24) is 4.90 Å². The van der Waals surface area contributed by atoms with E-state index in [0.717, 1.165) is 18.4 Å². The number of likely N-dealkylation sites (tertiary alicyclic amines) is 1. The first kappa shape index (κ1) is 15.5. The molecule has 0 aliphatic carbocycles. The highest BCUT2D eigenvalue weighted by Crippen LogP contribution is 2.17. The highest BCUT2D eigenvalue weighted by Gasteiger charge is 2.29. The van der Waals surface area contributed by atoms with Crippen LogP contribution in [0, 0.1) is 5.92 Å². The molecular formula is C16H22N2O3. The Kier molecular flexibility index (Phi) is 5.33. The minimum atomic E-state index is -0.517. The molecular weight excluding hydrogens is 268 g/mol. The van der Waals surface area contributed by atoms with E-state index >= 15 is 0 Å². The molecule has 2 N–H and O–H groups in total. The Morgan fingerprint density at radius 3 is 2.76 bits per heavy atom. The maximum absolute atomic E-state index is 12.3. The number of piperidine rings is 1. The van der Waals surface area contributed by atoms with Crippen LogP contribution >= 0.6 is 0 Å². The van der Waals surface area contributed by atoms with E-state index in [9.17, 15) is 9.59 Å². The van der Waals surface area contributed by atoms with Gasteiger partial charge >= 0.3 is 0 Å². The van der Waals surface area contributed by atoms with E-state index in [1.165, 1.54) is 0 Å². The van der Waals surface area contributed by atoms with E-state index in [1.54, 1.807) is 11.8 Å². The fourth-order valence-electron chi connectivity index (χ4n) is 2.53. The van der Waals surface area contributed by atoms with Gasteiger partial charge in [0.15, 0.2) is 0 Å². The molecule has 2 amide bonds. The number of nitrogens with two attached hydrogens (primary N) is 1. The maximum atomic E-state index is 12.3. The molecule has 1 fully saturated rings. The summed E-state index contributed by atoms with van der Waals surface area (Å²) in [6, 6.07) is 9.73. The van der Waals surface area contributed by atoms with Gasteiger partial charge in [-0.1, -0.05) is 30.3 Å². The molecule has 0 unspecified atom stereocenters. The number of hydrogen-bond acceptors (Lipinski definition) is 3. The smallest absolute Gasteiger partial charge is 0.251 e. The van der Waals surface area contributed by atoms with E-state index in [-0.39, 0.29) is 17.7 Å². The number of primary amides is 1. The van der Waals surface area contributed by atoms with Crippen LogP contribution in [0.25, 0.3) is 0 Å². The summed E-state index contributed by atoms with van der Waals surface area (Å²) < 4.78 is 5.63. The van der Waals surface area contributed by atoms with Gasteiger partial charge in [0, 0.05) is 13.1 Å². The van der Waals surface area contributed by atoms with Gasteiger partial charge in [0.25, 0.3) is 5.91 Å². The summed E-state index contributed by atoms with van der Waals surface area (Å²) >= 11 is 0. The normalized spacial score (nSPS) is 20.0. The minimum Gasteiger partial charge on any atom is -0.369 e. The standard InChI is InChI=1S/C16H22N2O3/c1-12(21-11-13-6-3-2-4-7-13)16(20)18-9-5-8-14(10-18)15(17)19/h2-4,6-7,12,14H,5,8-11H2,1H3,(H2,17,19)/t12-,14-/m0/s1. The van der Waals surface area contributed by atoms with E-state index < -0.39 is 6.10 Å². The third-order valence-electron chi connectivity index (χ3n) is 3.83. The number of carbonyl (C=O) groups excluding carboxylic acids is 2. The summed E-state index contributed by atoms with van der Waals surface area (Å²) in [6.07, 6.45) is 1.06. The van der Waals surface area contributed by atoms with Crippen molar-refractivity contribution in [2.75, 3.05) is 13.1 Å². The van der Waals surface area contributed by atoms with Crippen LogP contribution in [0.4, 0.5) is 0 Å². The lowest BCUT2D eigenvalue weighted by Gasteiger charge is -2.32. The van der Waals surface area contributed by atoms with Crippen molar-refractivity contribution in [1.29, 1.82) is 0 Å². The van der Waals surface area contributed by atoms with Gasteiger partial charge in [0.1, 0.15) is 6.10 Å². The summed E-state index contributed by atoms with van der Waals surface area (Å²) in [7, 11) is 0. The quantitative estimate of drug-likeness (QED) is 0.888.